The first-order valence-electron chi connectivity index (χ1n) is 13.7. The van der Waals surface area contributed by atoms with Gasteiger partial charge in [0.25, 0.3) is 5.91 Å². The van der Waals surface area contributed by atoms with Crippen LogP contribution >= 0.6 is 23.2 Å². The maximum Gasteiger partial charge on any atom is 0.416 e. The molecule has 3 aromatic rings. The first-order valence-corrected chi connectivity index (χ1v) is 14.5. The Hall–Kier alpha value is -2.57. The van der Waals surface area contributed by atoms with Crippen LogP contribution in [-0.2, 0) is 23.5 Å². The number of morpholine rings is 1. The highest BCUT2D eigenvalue weighted by molar-refractivity contribution is 6.33. The second-order valence-electron chi connectivity index (χ2n) is 10.8. The van der Waals surface area contributed by atoms with Gasteiger partial charge in [-0.25, -0.2) is 0 Å². The molecular weight excluding hydrogens is 619 g/mol. The number of piperazine rings is 1. The predicted molar refractivity (Wildman–Crippen MR) is 152 cm³/mol. The lowest BCUT2D eigenvalue weighted by Gasteiger charge is -2.51. The predicted octanol–water partition coefficient (Wildman–Crippen LogP) is 6.71. The summed E-state index contributed by atoms with van der Waals surface area (Å²) in [5.74, 6) is -1.06. The number of hydrogen-bond donors (Lipinski definition) is 0. The fraction of sp³-hybridized carbons (Fsp3) is 0.433. The number of carbonyl (C=O) groups is 1. The molecule has 2 heterocycles. The lowest BCUT2D eigenvalue weighted by Crippen LogP contribution is -2.66. The fourth-order valence-electron chi connectivity index (χ4n) is 5.58. The third kappa shape index (κ3) is 7.06. The van der Waals surface area contributed by atoms with Gasteiger partial charge in [0.05, 0.1) is 24.3 Å². The largest absolute Gasteiger partial charge is 0.416 e. The second-order valence-corrected chi connectivity index (χ2v) is 11.8. The Kier molecular flexibility index (Phi) is 9.21. The normalized spacial score (nSPS) is 22.7. The van der Waals surface area contributed by atoms with Crippen molar-refractivity contribution in [2.75, 3.05) is 52.5 Å². The topological polar surface area (TPSA) is 36.0 Å². The first-order chi connectivity index (χ1) is 20.3. The van der Waals surface area contributed by atoms with Crippen LogP contribution in [0.15, 0.2) is 60.7 Å². The molecule has 2 atom stereocenters. The monoisotopic (exact) mass is 647 g/mol. The molecule has 0 aliphatic carbocycles. The zero-order chi connectivity index (χ0) is 31.0. The maximum absolute atomic E-state index is 13.8. The van der Waals surface area contributed by atoms with Crippen LogP contribution in [-0.4, -0.2) is 83.6 Å². The Bertz CT molecular complexity index is 1430. The molecule has 0 saturated carbocycles. The number of hydrogen-bond acceptors (Lipinski definition) is 4. The molecule has 0 aromatic heterocycles. The van der Waals surface area contributed by atoms with Crippen molar-refractivity contribution in [3.05, 3.63) is 82.9 Å². The van der Waals surface area contributed by atoms with E-state index in [-0.39, 0.29) is 25.6 Å². The minimum Gasteiger partial charge on any atom is -0.379 e. The lowest BCUT2D eigenvalue weighted by molar-refractivity contribution is -0.143. The lowest BCUT2D eigenvalue weighted by atomic mass is 9.96. The molecule has 5 rings (SSSR count). The molecule has 1 unspecified atom stereocenters. The highest BCUT2D eigenvalue weighted by atomic mass is 35.5. The Labute approximate surface area is 254 Å². The molecule has 2 aliphatic rings. The van der Waals surface area contributed by atoms with E-state index >= 15 is 0 Å². The van der Waals surface area contributed by atoms with Gasteiger partial charge in [-0.1, -0.05) is 54.1 Å². The van der Waals surface area contributed by atoms with Crippen molar-refractivity contribution in [2.45, 2.75) is 29.3 Å². The summed E-state index contributed by atoms with van der Waals surface area (Å²) >= 11 is 14.3. The van der Waals surface area contributed by atoms with Gasteiger partial charge >= 0.3 is 12.4 Å². The van der Waals surface area contributed by atoms with Gasteiger partial charge < -0.3 is 9.64 Å². The summed E-state index contributed by atoms with van der Waals surface area (Å²) in [7, 11) is 0. The van der Waals surface area contributed by atoms with Gasteiger partial charge in [0.2, 0.25) is 0 Å². The maximum atomic E-state index is 13.8. The van der Waals surface area contributed by atoms with E-state index in [4.69, 9.17) is 27.9 Å². The number of rotatable bonds is 6. The van der Waals surface area contributed by atoms with E-state index in [1.54, 1.807) is 0 Å². The molecule has 13 heteroatoms. The third-order valence-electron chi connectivity index (χ3n) is 7.90. The van der Waals surface area contributed by atoms with Crippen molar-refractivity contribution in [2.24, 2.45) is 0 Å². The first kappa shape index (κ1) is 31.8. The Morgan fingerprint density at radius 3 is 2.09 bits per heavy atom. The summed E-state index contributed by atoms with van der Waals surface area (Å²) in [6, 6.07) is 14.0. The summed E-state index contributed by atoms with van der Waals surface area (Å²) in [5.41, 5.74) is -4.23. The van der Waals surface area contributed by atoms with Crippen LogP contribution in [0.1, 0.15) is 27.0 Å². The highest BCUT2D eigenvalue weighted by Crippen LogP contribution is 2.41. The van der Waals surface area contributed by atoms with Crippen LogP contribution in [0.2, 0.25) is 0 Å². The Morgan fingerprint density at radius 1 is 0.837 bits per heavy atom. The van der Waals surface area contributed by atoms with Crippen LogP contribution in [0.4, 0.5) is 26.3 Å². The van der Waals surface area contributed by atoms with E-state index < -0.39 is 45.4 Å². The van der Waals surface area contributed by atoms with Crippen LogP contribution < -0.4 is 0 Å². The quantitative estimate of drug-likeness (QED) is 0.169. The van der Waals surface area contributed by atoms with Gasteiger partial charge in [-0.05, 0) is 34.5 Å². The molecule has 0 spiro atoms. The van der Waals surface area contributed by atoms with E-state index in [1.807, 2.05) is 47.4 Å². The average Bonchev–Trinajstić information content (AvgIpc) is 2.97. The molecule has 0 radical (unpaired) electrons. The standard InChI is InChI=1S/C30H29Cl2F6N3O2/c31-27-28(32,19-20-5-6-21-3-1-2-4-22(21)15-20)41(10-9-40(27)8-7-39-11-13-43-14-12-39)26(42)23-16-24(29(33,34)35)18-25(17-23)30(36,37)38/h1-6,15-18,27H,7-14,19H2/t27?,28-/m0/s1. The SMILES string of the molecule is O=C(c1cc(C(F)(F)F)cc(C(F)(F)F)c1)N1CCN(CCN2CCOCC2)C(Cl)[C@]1(Cl)Cc1ccc2ccccc2c1. The smallest absolute Gasteiger partial charge is 0.379 e. The van der Waals surface area contributed by atoms with Gasteiger partial charge in [-0.3, -0.25) is 14.6 Å². The molecule has 5 nitrogen and oxygen atoms in total. The molecule has 0 N–H and O–H groups in total. The Morgan fingerprint density at radius 2 is 1.47 bits per heavy atom. The fourth-order valence-corrected chi connectivity index (χ4v) is 6.42. The van der Waals surface area contributed by atoms with E-state index in [9.17, 15) is 31.1 Å². The van der Waals surface area contributed by atoms with E-state index in [0.717, 1.165) is 28.8 Å². The van der Waals surface area contributed by atoms with Crippen LogP contribution in [0.5, 0.6) is 0 Å². The Balaban J connectivity index is 1.50. The molecule has 232 valence electrons. The third-order valence-corrected chi connectivity index (χ3v) is 9.19. The van der Waals surface area contributed by atoms with Crippen molar-refractivity contribution in [1.82, 2.24) is 14.7 Å². The summed E-state index contributed by atoms with van der Waals surface area (Å²) in [5, 5.41) is 1.86. The molecular formula is C30H29Cl2F6N3O2. The second kappa shape index (κ2) is 12.4. The number of carbonyl (C=O) groups excluding carboxylic acids is 1. The van der Waals surface area contributed by atoms with Crippen LogP contribution in [0.3, 0.4) is 0 Å². The van der Waals surface area contributed by atoms with Crippen LogP contribution in [0, 0.1) is 0 Å². The van der Waals surface area contributed by atoms with Crippen molar-refractivity contribution in [1.29, 1.82) is 0 Å². The highest BCUT2D eigenvalue weighted by Gasteiger charge is 2.50. The van der Waals surface area contributed by atoms with Crippen molar-refractivity contribution in [3.63, 3.8) is 0 Å². The molecule has 1 amide bonds. The van der Waals surface area contributed by atoms with E-state index in [0.29, 0.717) is 44.0 Å². The van der Waals surface area contributed by atoms with Gasteiger partial charge in [0, 0.05) is 51.3 Å². The van der Waals surface area contributed by atoms with Crippen molar-refractivity contribution < 1.29 is 35.9 Å². The molecule has 0 bridgehead atoms. The number of ether oxygens (including phenoxy) is 1. The summed E-state index contributed by atoms with van der Waals surface area (Å²) in [6.45, 7) is 3.99. The molecule has 3 aromatic carbocycles. The van der Waals surface area contributed by atoms with Crippen molar-refractivity contribution >= 4 is 39.9 Å². The van der Waals surface area contributed by atoms with Gasteiger partial charge in [0.15, 0.2) is 5.00 Å². The van der Waals surface area contributed by atoms with Gasteiger partial charge in [0.1, 0.15) is 5.50 Å². The summed E-state index contributed by atoms with van der Waals surface area (Å²) in [6.07, 6.45) is -10.2. The van der Waals surface area contributed by atoms with Gasteiger partial charge in [-0.2, -0.15) is 26.3 Å². The number of alkyl halides is 8. The number of amides is 1. The van der Waals surface area contributed by atoms with Crippen LogP contribution in [0.25, 0.3) is 10.8 Å². The zero-order valence-electron chi connectivity index (χ0n) is 22.9. The summed E-state index contributed by atoms with van der Waals surface area (Å²) < 4.78 is 87.0. The minimum absolute atomic E-state index is 0.00155. The summed E-state index contributed by atoms with van der Waals surface area (Å²) in [4.78, 5) is 17.3. The van der Waals surface area contributed by atoms with Gasteiger partial charge in [-0.15, -0.1) is 11.6 Å². The molecule has 2 fully saturated rings. The number of benzene rings is 3. The number of nitrogens with zero attached hydrogens (tertiary/aromatic N) is 3. The zero-order valence-corrected chi connectivity index (χ0v) is 24.4. The number of fused-ring (bicyclic) bond motifs is 1. The van der Waals surface area contributed by atoms with E-state index in [2.05, 4.69) is 4.90 Å². The van der Waals surface area contributed by atoms with Crippen molar-refractivity contribution in [3.8, 4) is 0 Å². The minimum atomic E-state index is -5.10. The molecule has 2 aliphatic heterocycles. The van der Waals surface area contributed by atoms with E-state index in [1.165, 1.54) is 0 Å². The molecule has 2 saturated heterocycles. The molecule has 43 heavy (non-hydrogen) atoms. The number of halogens is 8. The average molecular weight is 648 g/mol.